The number of esters is 1. The van der Waals surface area contributed by atoms with Crippen molar-refractivity contribution in [1.29, 1.82) is 5.26 Å². The lowest BCUT2D eigenvalue weighted by molar-refractivity contribution is 0.0529. The number of nitriles is 1. The average molecular weight is 483 g/mol. The van der Waals surface area contributed by atoms with Gasteiger partial charge in [-0.3, -0.25) is 0 Å². The Balaban J connectivity index is 2.11. The van der Waals surface area contributed by atoms with Gasteiger partial charge in [0.2, 0.25) is 0 Å². The fourth-order valence-electron chi connectivity index (χ4n) is 2.75. The predicted octanol–water partition coefficient (Wildman–Crippen LogP) is 6.69. The van der Waals surface area contributed by atoms with Crippen LogP contribution in [0.4, 0.5) is 15.7 Å². The van der Waals surface area contributed by atoms with E-state index in [1.807, 2.05) is 30.3 Å². The van der Waals surface area contributed by atoms with Crippen LogP contribution in [0.2, 0.25) is 0 Å². The summed E-state index contributed by atoms with van der Waals surface area (Å²) in [7, 11) is 0. The highest BCUT2D eigenvalue weighted by Crippen LogP contribution is 2.46. The van der Waals surface area contributed by atoms with Crippen LogP contribution < -0.4 is 5.32 Å². The zero-order valence-corrected chi connectivity index (χ0v) is 18.7. The highest BCUT2D eigenvalue weighted by Gasteiger charge is 2.26. The number of nitrogens with one attached hydrogen (secondary N) is 1. The average Bonchev–Trinajstić information content (AvgIpc) is 3.15. The third-order valence-corrected chi connectivity index (χ3v) is 5.49. The zero-order chi connectivity index (χ0) is 21.3. The first kappa shape index (κ1) is 21.7. The number of alkyl halides is 1. The molecule has 0 fully saturated rings. The van der Waals surface area contributed by atoms with E-state index in [4.69, 9.17) is 10.00 Å². The van der Waals surface area contributed by atoms with Crippen molar-refractivity contribution in [1.82, 2.24) is 0 Å². The quantitative estimate of drug-likeness (QED) is 0.220. The van der Waals surface area contributed by atoms with Crippen LogP contribution in [0.1, 0.15) is 22.8 Å². The molecule has 0 radical (unpaired) electrons. The Morgan fingerprint density at radius 3 is 2.53 bits per heavy atom. The molecule has 8 heteroatoms. The first-order valence-electron chi connectivity index (χ1n) is 9.29. The summed E-state index contributed by atoms with van der Waals surface area (Å²) in [6.45, 7) is 2.71. The Bertz CT molecular complexity index is 1070. The molecule has 30 heavy (non-hydrogen) atoms. The molecular formula is C22H19BrN4O2S. The molecule has 0 aliphatic heterocycles. The molecule has 0 aliphatic rings. The Morgan fingerprint density at radius 1 is 1.17 bits per heavy atom. The minimum atomic E-state index is -0.399. The molecule has 1 N–H and O–H groups in total. The lowest BCUT2D eigenvalue weighted by Gasteiger charge is -2.08. The van der Waals surface area contributed by atoms with E-state index in [9.17, 15) is 4.79 Å². The van der Waals surface area contributed by atoms with Crippen molar-refractivity contribution in [3.05, 3.63) is 65.7 Å². The molecule has 2 aromatic carbocycles. The van der Waals surface area contributed by atoms with E-state index < -0.39 is 5.97 Å². The molecule has 152 valence electrons. The van der Waals surface area contributed by atoms with Crippen molar-refractivity contribution >= 4 is 48.9 Å². The molecule has 0 spiro atoms. The number of anilines is 1. The van der Waals surface area contributed by atoms with E-state index in [-0.39, 0.29) is 6.61 Å². The van der Waals surface area contributed by atoms with Crippen molar-refractivity contribution in [2.24, 2.45) is 10.2 Å². The maximum atomic E-state index is 12.8. The minimum absolute atomic E-state index is 0.281. The molecule has 0 aliphatic carbocycles. The standard InChI is InChI=1S/C22H19BrN4O2S/c1-2-29-22(28)19-18(16-6-4-3-5-7-16)21(30-20(19)25-13-12-23)27-26-17-10-8-15(14-24)9-11-17/h3-11,25H,2,12-13H2,1H3. The van der Waals surface area contributed by atoms with Gasteiger partial charge in [0.15, 0.2) is 0 Å². The van der Waals surface area contributed by atoms with E-state index in [1.54, 1.807) is 31.2 Å². The molecular weight excluding hydrogens is 464 g/mol. The van der Waals surface area contributed by atoms with Gasteiger partial charge in [-0.25, -0.2) is 4.79 Å². The zero-order valence-electron chi connectivity index (χ0n) is 16.3. The highest BCUT2D eigenvalue weighted by molar-refractivity contribution is 9.09. The Kier molecular flexibility index (Phi) is 7.71. The van der Waals surface area contributed by atoms with Crippen LogP contribution in [0.15, 0.2) is 64.8 Å². The number of carbonyl (C=O) groups excluding carboxylic acids is 1. The summed E-state index contributed by atoms with van der Waals surface area (Å²) in [6, 6.07) is 18.5. The molecule has 0 bridgehead atoms. The van der Waals surface area contributed by atoms with Crippen molar-refractivity contribution < 1.29 is 9.53 Å². The van der Waals surface area contributed by atoms with Gasteiger partial charge in [-0.15, -0.1) is 10.2 Å². The van der Waals surface area contributed by atoms with Gasteiger partial charge in [0.25, 0.3) is 0 Å². The topological polar surface area (TPSA) is 86.8 Å². The van der Waals surface area contributed by atoms with E-state index in [0.29, 0.717) is 38.9 Å². The Labute approximate surface area is 187 Å². The summed E-state index contributed by atoms with van der Waals surface area (Å²) in [4.78, 5) is 12.8. The summed E-state index contributed by atoms with van der Waals surface area (Å²) in [6.07, 6.45) is 0. The van der Waals surface area contributed by atoms with Crippen molar-refractivity contribution in [3.8, 4) is 17.2 Å². The van der Waals surface area contributed by atoms with Crippen LogP contribution in [-0.2, 0) is 4.74 Å². The second kappa shape index (κ2) is 10.7. The van der Waals surface area contributed by atoms with E-state index in [1.165, 1.54) is 11.3 Å². The summed E-state index contributed by atoms with van der Waals surface area (Å²) in [5, 5.41) is 23.0. The molecule has 3 rings (SSSR count). The second-order valence-electron chi connectivity index (χ2n) is 6.05. The number of hydrogen-bond acceptors (Lipinski definition) is 7. The monoisotopic (exact) mass is 482 g/mol. The summed E-state index contributed by atoms with van der Waals surface area (Å²) in [5.41, 5.74) is 3.18. The van der Waals surface area contributed by atoms with Crippen LogP contribution in [0.5, 0.6) is 0 Å². The molecule has 6 nitrogen and oxygen atoms in total. The number of nitrogens with zero attached hydrogens (tertiary/aromatic N) is 3. The molecule has 0 atom stereocenters. The summed E-state index contributed by atoms with van der Waals surface area (Å²) >= 11 is 4.76. The smallest absolute Gasteiger partial charge is 0.341 e. The number of benzene rings is 2. The number of ether oxygens (including phenoxy) is 1. The minimum Gasteiger partial charge on any atom is -0.462 e. The molecule has 0 unspecified atom stereocenters. The van der Waals surface area contributed by atoms with Crippen molar-refractivity contribution in [2.45, 2.75) is 6.92 Å². The normalized spacial score (nSPS) is 10.7. The number of azo groups is 1. The fourth-order valence-corrected chi connectivity index (χ4v) is 4.01. The van der Waals surface area contributed by atoms with E-state index >= 15 is 0 Å². The third-order valence-electron chi connectivity index (χ3n) is 4.06. The Hall–Kier alpha value is -3.02. The number of halogens is 1. The lowest BCUT2D eigenvalue weighted by atomic mass is 10.0. The molecule has 1 aromatic heterocycles. The maximum absolute atomic E-state index is 12.8. The Morgan fingerprint density at radius 2 is 1.90 bits per heavy atom. The molecule has 3 aromatic rings. The van der Waals surface area contributed by atoms with Gasteiger partial charge in [0.1, 0.15) is 15.6 Å². The fraction of sp³-hybridized carbons (Fsp3) is 0.182. The van der Waals surface area contributed by atoms with Crippen LogP contribution >= 0.6 is 27.3 Å². The van der Waals surface area contributed by atoms with Crippen LogP contribution in [0, 0.1) is 11.3 Å². The maximum Gasteiger partial charge on any atom is 0.341 e. The summed E-state index contributed by atoms with van der Waals surface area (Å²) < 4.78 is 5.33. The molecule has 0 saturated carbocycles. The van der Waals surface area contributed by atoms with Crippen molar-refractivity contribution in [3.63, 3.8) is 0 Å². The van der Waals surface area contributed by atoms with Gasteiger partial charge in [-0.1, -0.05) is 57.6 Å². The van der Waals surface area contributed by atoms with Crippen molar-refractivity contribution in [2.75, 3.05) is 23.8 Å². The number of rotatable bonds is 8. The van der Waals surface area contributed by atoms with Crippen LogP contribution in [0.3, 0.4) is 0 Å². The first-order chi connectivity index (χ1) is 14.7. The largest absolute Gasteiger partial charge is 0.462 e. The second-order valence-corrected chi connectivity index (χ2v) is 7.84. The van der Waals surface area contributed by atoms with Gasteiger partial charge < -0.3 is 10.1 Å². The van der Waals surface area contributed by atoms with Gasteiger partial charge in [0.05, 0.1) is 23.9 Å². The lowest BCUT2D eigenvalue weighted by Crippen LogP contribution is -2.10. The van der Waals surface area contributed by atoms with Gasteiger partial charge >= 0.3 is 5.97 Å². The van der Waals surface area contributed by atoms with Crippen LogP contribution in [-0.4, -0.2) is 24.5 Å². The van der Waals surface area contributed by atoms with E-state index in [2.05, 4.69) is 37.5 Å². The first-order valence-corrected chi connectivity index (χ1v) is 11.2. The summed E-state index contributed by atoms with van der Waals surface area (Å²) in [5.74, 6) is -0.399. The van der Waals surface area contributed by atoms with Crippen LogP contribution in [0.25, 0.3) is 11.1 Å². The predicted molar refractivity (Wildman–Crippen MR) is 123 cm³/mol. The number of thiophene rings is 1. The molecule has 0 amide bonds. The third kappa shape index (κ3) is 5.12. The molecule has 0 saturated heterocycles. The molecule has 1 heterocycles. The number of carbonyl (C=O) groups is 1. The highest BCUT2D eigenvalue weighted by atomic mass is 79.9. The van der Waals surface area contributed by atoms with Gasteiger partial charge in [-0.2, -0.15) is 5.26 Å². The van der Waals surface area contributed by atoms with E-state index in [0.717, 1.165) is 10.9 Å². The van der Waals surface area contributed by atoms with Gasteiger partial charge in [0, 0.05) is 17.4 Å². The SMILES string of the molecule is CCOC(=O)c1c(NCCBr)sc(N=Nc2ccc(C#N)cc2)c1-c1ccccc1. The number of hydrogen-bond donors (Lipinski definition) is 1. The van der Waals surface area contributed by atoms with Gasteiger partial charge in [-0.05, 0) is 36.8 Å².